The van der Waals surface area contributed by atoms with E-state index in [4.69, 9.17) is 0 Å². The number of aryl methyl sites for hydroxylation is 1. The zero-order valence-electron chi connectivity index (χ0n) is 10.3. The van der Waals surface area contributed by atoms with Crippen molar-refractivity contribution in [3.05, 3.63) is 27.3 Å². The molecule has 17 heavy (non-hydrogen) atoms. The lowest BCUT2D eigenvalue weighted by atomic mass is 10.2. The van der Waals surface area contributed by atoms with Gasteiger partial charge in [-0.2, -0.15) is 0 Å². The predicted molar refractivity (Wildman–Crippen MR) is 81.3 cm³/mol. The van der Waals surface area contributed by atoms with Crippen molar-refractivity contribution < 1.29 is 8.42 Å². The van der Waals surface area contributed by atoms with Gasteiger partial charge < -0.3 is 5.32 Å². The second-order valence-electron chi connectivity index (χ2n) is 4.21. The molecule has 0 aliphatic carbocycles. The first-order chi connectivity index (χ1) is 7.84. The van der Waals surface area contributed by atoms with Gasteiger partial charge in [0.1, 0.15) is 0 Å². The summed E-state index contributed by atoms with van der Waals surface area (Å²) in [5, 5.41) is 3.22. The third kappa shape index (κ3) is 4.83. The highest BCUT2D eigenvalue weighted by Crippen LogP contribution is 2.18. The van der Waals surface area contributed by atoms with Crippen molar-refractivity contribution in [2.45, 2.75) is 26.8 Å². The average molecular weight is 367 g/mol. The molecular weight excluding hydrogens is 349 g/mol. The van der Waals surface area contributed by atoms with Gasteiger partial charge in [-0.25, -0.2) is 8.42 Å². The number of hydrogen-bond acceptors (Lipinski definition) is 3. The molecule has 96 valence electrons. The first-order valence-electron chi connectivity index (χ1n) is 5.57. The van der Waals surface area contributed by atoms with Gasteiger partial charge in [0.05, 0.1) is 5.75 Å². The van der Waals surface area contributed by atoms with Gasteiger partial charge in [0.15, 0.2) is 9.84 Å². The zero-order chi connectivity index (χ0) is 13.1. The van der Waals surface area contributed by atoms with E-state index in [1.54, 1.807) is 6.92 Å². The Hall–Kier alpha value is -0.300. The van der Waals surface area contributed by atoms with Crippen molar-refractivity contribution in [1.29, 1.82) is 0 Å². The predicted octanol–water partition coefficient (Wildman–Crippen LogP) is 2.83. The molecule has 0 radical (unpaired) electrons. The summed E-state index contributed by atoms with van der Waals surface area (Å²) in [7, 11) is -2.92. The Labute approximate surface area is 117 Å². The minimum Gasteiger partial charge on any atom is -0.382 e. The quantitative estimate of drug-likeness (QED) is 0.815. The molecule has 1 rings (SSSR count). The van der Waals surface area contributed by atoms with E-state index in [2.05, 4.69) is 34.8 Å². The standard InChI is InChI=1S/C12H18INO2S/c1-4-17(15,16)8-10(3)14-11-6-5-9(2)12(13)7-11/h5-7,10,14H,4,8H2,1-3H3. The highest BCUT2D eigenvalue weighted by atomic mass is 127. The molecule has 0 aromatic heterocycles. The lowest BCUT2D eigenvalue weighted by Crippen LogP contribution is -2.26. The van der Waals surface area contributed by atoms with Crippen molar-refractivity contribution >= 4 is 38.1 Å². The molecule has 0 amide bonds. The molecular formula is C12H18INO2S. The number of rotatable bonds is 5. The third-order valence-electron chi connectivity index (χ3n) is 2.53. The van der Waals surface area contributed by atoms with Crippen molar-refractivity contribution in [1.82, 2.24) is 0 Å². The van der Waals surface area contributed by atoms with Crippen LogP contribution in [0.5, 0.6) is 0 Å². The molecule has 5 heteroatoms. The topological polar surface area (TPSA) is 46.2 Å². The van der Waals surface area contributed by atoms with Crippen LogP contribution in [0.25, 0.3) is 0 Å². The summed E-state index contributed by atoms with van der Waals surface area (Å²) in [6, 6.07) is 5.97. The summed E-state index contributed by atoms with van der Waals surface area (Å²) < 4.78 is 24.1. The fourth-order valence-electron chi connectivity index (χ4n) is 1.51. The molecule has 0 heterocycles. The van der Waals surface area contributed by atoms with Crippen LogP contribution in [0.15, 0.2) is 18.2 Å². The maximum atomic E-state index is 11.5. The van der Waals surface area contributed by atoms with E-state index in [9.17, 15) is 8.42 Å². The minimum absolute atomic E-state index is 0.0709. The van der Waals surface area contributed by atoms with Gasteiger partial charge in [0, 0.05) is 21.1 Å². The van der Waals surface area contributed by atoms with E-state index < -0.39 is 9.84 Å². The van der Waals surface area contributed by atoms with Gasteiger partial charge in [-0.05, 0) is 54.1 Å². The molecule has 0 saturated carbocycles. The van der Waals surface area contributed by atoms with E-state index in [0.717, 1.165) is 5.69 Å². The fraction of sp³-hybridized carbons (Fsp3) is 0.500. The van der Waals surface area contributed by atoms with Crippen molar-refractivity contribution in [2.24, 2.45) is 0 Å². The monoisotopic (exact) mass is 367 g/mol. The van der Waals surface area contributed by atoms with Crippen molar-refractivity contribution in [3.8, 4) is 0 Å². The summed E-state index contributed by atoms with van der Waals surface area (Å²) >= 11 is 2.27. The number of anilines is 1. The summed E-state index contributed by atoms with van der Waals surface area (Å²) in [4.78, 5) is 0. The van der Waals surface area contributed by atoms with Crippen molar-refractivity contribution in [3.63, 3.8) is 0 Å². The maximum absolute atomic E-state index is 11.5. The van der Waals surface area contributed by atoms with Crippen LogP contribution in [0.2, 0.25) is 0 Å². The van der Waals surface area contributed by atoms with Crippen molar-refractivity contribution in [2.75, 3.05) is 16.8 Å². The van der Waals surface area contributed by atoms with E-state index >= 15 is 0 Å². The van der Waals surface area contributed by atoms with Crippen LogP contribution in [0.4, 0.5) is 5.69 Å². The Bertz CT molecular complexity index is 485. The molecule has 1 unspecified atom stereocenters. The summed E-state index contributed by atoms with van der Waals surface area (Å²) in [5.41, 5.74) is 2.20. The van der Waals surface area contributed by atoms with Crippen LogP contribution in [-0.4, -0.2) is 26.0 Å². The van der Waals surface area contributed by atoms with E-state index in [-0.39, 0.29) is 17.5 Å². The number of sulfone groups is 1. The Balaban J connectivity index is 2.68. The van der Waals surface area contributed by atoms with Crippen LogP contribution in [0.1, 0.15) is 19.4 Å². The average Bonchev–Trinajstić information content (AvgIpc) is 2.23. The molecule has 1 N–H and O–H groups in total. The van der Waals surface area contributed by atoms with Gasteiger partial charge in [0.25, 0.3) is 0 Å². The number of halogens is 1. The molecule has 1 atom stereocenters. The first kappa shape index (κ1) is 14.8. The second kappa shape index (κ2) is 6.04. The normalized spacial score (nSPS) is 13.4. The van der Waals surface area contributed by atoms with E-state index in [0.29, 0.717) is 0 Å². The minimum atomic E-state index is -2.92. The zero-order valence-corrected chi connectivity index (χ0v) is 13.3. The smallest absolute Gasteiger partial charge is 0.152 e. The molecule has 1 aromatic rings. The molecule has 0 aliphatic rings. The van der Waals surface area contributed by atoms with Gasteiger partial charge >= 0.3 is 0 Å². The Kier molecular flexibility index (Phi) is 5.24. The van der Waals surface area contributed by atoms with Crippen LogP contribution >= 0.6 is 22.6 Å². The maximum Gasteiger partial charge on any atom is 0.152 e. The lowest BCUT2D eigenvalue weighted by molar-refractivity contribution is 0.593. The SMILES string of the molecule is CCS(=O)(=O)CC(C)Nc1ccc(C)c(I)c1. The molecule has 3 nitrogen and oxygen atoms in total. The highest BCUT2D eigenvalue weighted by molar-refractivity contribution is 14.1. The number of benzene rings is 1. The van der Waals surface area contributed by atoms with Crippen LogP contribution in [-0.2, 0) is 9.84 Å². The number of nitrogens with one attached hydrogen (secondary N) is 1. The van der Waals surface area contributed by atoms with Gasteiger partial charge in [-0.1, -0.05) is 13.0 Å². The second-order valence-corrected chi connectivity index (χ2v) is 7.77. The van der Waals surface area contributed by atoms with Crippen LogP contribution in [0, 0.1) is 10.5 Å². The first-order valence-corrected chi connectivity index (χ1v) is 8.47. The summed E-state index contributed by atoms with van der Waals surface area (Å²) in [5.74, 6) is 0.373. The Morgan fingerprint density at radius 3 is 2.59 bits per heavy atom. The molecule has 0 spiro atoms. The fourth-order valence-corrected chi connectivity index (χ4v) is 3.10. The Morgan fingerprint density at radius 2 is 2.06 bits per heavy atom. The van der Waals surface area contributed by atoms with E-state index in [1.807, 2.05) is 25.1 Å². The molecule has 0 fully saturated rings. The van der Waals surface area contributed by atoms with Gasteiger partial charge in [0.2, 0.25) is 0 Å². The Morgan fingerprint density at radius 1 is 1.41 bits per heavy atom. The molecule has 0 saturated heterocycles. The third-order valence-corrected chi connectivity index (χ3v) is 5.58. The van der Waals surface area contributed by atoms with Crippen LogP contribution < -0.4 is 5.32 Å². The van der Waals surface area contributed by atoms with Gasteiger partial charge in [-0.3, -0.25) is 0 Å². The largest absolute Gasteiger partial charge is 0.382 e. The highest BCUT2D eigenvalue weighted by Gasteiger charge is 2.13. The van der Waals surface area contributed by atoms with Gasteiger partial charge in [-0.15, -0.1) is 0 Å². The molecule has 0 aliphatic heterocycles. The summed E-state index contributed by atoms with van der Waals surface area (Å²) in [6.45, 7) is 5.62. The molecule has 0 bridgehead atoms. The molecule has 1 aromatic carbocycles. The van der Waals surface area contributed by atoms with Crippen LogP contribution in [0.3, 0.4) is 0 Å². The van der Waals surface area contributed by atoms with E-state index in [1.165, 1.54) is 9.13 Å². The summed E-state index contributed by atoms with van der Waals surface area (Å²) in [6.07, 6.45) is 0. The number of hydrogen-bond donors (Lipinski definition) is 1. The lowest BCUT2D eigenvalue weighted by Gasteiger charge is -2.15.